The van der Waals surface area contributed by atoms with Gasteiger partial charge in [-0.25, -0.2) is 4.79 Å². The number of ether oxygens (including phenoxy) is 1. The van der Waals surface area contributed by atoms with Crippen molar-refractivity contribution < 1.29 is 9.53 Å². The van der Waals surface area contributed by atoms with Gasteiger partial charge in [0.25, 0.3) is 0 Å². The van der Waals surface area contributed by atoms with Crippen LogP contribution in [0.5, 0.6) is 0 Å². The molecule has 0 unspecified atom stereocenters. The molecule has 3 aromatic rings. The van der Waals surface area contributed by atoms with Crippen LogP contribution in [0.1, 0.15) is 59.5 Å². The Labute approximate surface area is 188 Å². The average molecular weight is 423 g/mol. The fourth-order valence-corrected chi connectivity index (χ4v) is 7.11. The predicted molar refractivity (Wildman–Crippen MR) is 125 cm³/mol. The van der Waals surface area contributed by atoms with E-state index in [0.29, 0.717) is 17.4 Å². The molecule has 1 saturated heterocycles. The number of carbonyl (C=O) groups excluding carboxylic acids is 1. The molecule has 4 heteroatoms. The lowest BCUT2D eigenvalue weighted by Crippen LogP contribution is -2.69. The van der Waals surface area contributed by atoms with Crippen LogP contribution in [0.2, 0.25) is 0 Å². The molecule has 3 heterocycles. The molecule has 0 bridgehead atoms. The molecule has 1 saturated carbocycles. The molecule has 7 rings (SSSR count). The van der Waals surface area contributed by atoms with E-state index < -0.39 is 5.72 Å². The predicted octanol–water partition coefficient (Wildman–Crippen LogP) is 6.02. The smallest absolute Gasteiger partial charge is 0.341 e. The summed E-state index contributed by atoms with van der Waals surface area (Å²) in [4.78, 5) is 15.6. The first-order valence-corrected chi connectivity index (χ1v) is 11.8. The molecule has 3 aliphatic heterocycles. The van der Waals surface area contributed by atoms with Crippen LogP contribution < -0.4 is 10.2 Å². The van der Waals surface area contributed by atoms with Crippen molar-refractivity contribution >= 4 is 17.3 Å². The van der Waals surface area contributed by atoms with E-state index in [4.69, 9.17) is 4.74 Å². The standard InChI is InChI=1S/C28H26N2O2/c31-26-20-12-4-5-14-23(20)28(32-26)18-21(19-10-2-1-3-11-19)22-13-8-9-17-27(22)29-24-15-6-7-16-25(24)30(27)28/h1-7,10-12,14-16,21-22,29H,8-9,13,17-18H2/t21-,22-,27-,28-/m1/s1. The van der Waals surface area contributed by atoms with Crippen molar-refractivity contribution in [1.82, 2.24) is 0 Å². The molecule has 32 heavy (non-hydrogen) atoms. The summed E-state index contributed by atoms with van der Waals surface area (Å²) in [6, 6.07) is 27.4. The van der Waals surface area contributed by atoms with E-state index in [-0.39, 0.29) is 11.6 Å². The Morgan fingerprint density at radius 1 is 0.906 bits per heavy atom. The van der Waals surface area contributed by atoms with Crippen molar-refractivity contribution in [3.05, 3.63) is 95.6 Å². The summed E-state index contributed by atoms with van der Waals surface area (Å²) in [5.41, 5.74) is 4.28. The number of nitrogens with one attached hydrogen (secondary N) is 1. The number of rotatable bonds is 1. The highest BCUT2D eigenvalue weighted by Gasteiger charge is 2.67. The van der Waals surface area contributed by atoms with E-state index >= 15 is 0 Å². The number of para-hydroxylation sites is 2. The van der Waals surface area contributed by atoms with E-state index in [1.807, 2.05) is 18.2 Å². The van der Waals surface area contributed by atoms with Gasteiger partial charge in [0, 0.05) is 17.9 Å². The van der Waals surface area contributed by atoms with Gasteiger partial charge in [-0.3, -0.25) is 0 Å². The number of hydrogen-bond acceptors (Lipinski definition) is 4. The van der Waals surface area contributed by atoms with Crippen molar-refractivity contribution in [1.29, 1.82) is 0 Å². The molecule has 2 fully saturated rings. The minimum Gasteiger partial charge on any atom is -0.431 e. The number of fused-ring (bicyclic) bond motifs is 5. The summed E-state index contributed by atoms with van der Waals surface area (Å²) in [5, 5.41) is 3.98. The van der Waals surface area contributed by atoms with Crippen molar-refractivity contribution in [2.45, 2.75) is 49.4 Å². The van der Waals surface area contributed by atoms with E-state index in [0.717, 1.165) is 29.8 Å². The number of esters is 1. The molecule has 0 aromatic heterocycles. The van der Waals surface area contributed by atoms with E-state index in [1.165, 1.54) is 24.8 Å². The lowest BCUT2D eigenvalue weighted by molar-refractivity contribution is -0.0663. The Morgan fingerprint density at radius 3 is 2.59 bits per heavy atom. The summed E-state index contributed by atoms with van der Waals surface area (Å²) in [6.45, 7) is 0. The Kier molecular flexibility index (Phi) is 3.65. The van der Waals surface area contributed by atoms with Crippen LogP contribution in [0.15, 0.2) is 78.9 Å². The largest absolute Gasteiger partial charge is 0.431 e. The van der Waals surface area contributed by atoms with Gasteiger partial charge in [-0.1, -0.05) is 67.1 Å². The first-order valence-electron chi connectivity index (χ1n) is 11.8. The number of benzene rings is 3. The summed E-state index contributed by atoms with van der Waals surface area (Å²) in [7, 11) is 0. The van der Waals surface area contributed by atoms with Crippen molar-refractivity contribution in [2.75, 3.05) is 10.2 Å². The van der Waals surface area contributed by atoms with Gasteiger partial charge < -0.3 is 15.0 Å². The molecule has 0 amide bonds. The van der Waals surface area contributed by atoms with Gasteiger partial charge >= 0.3 is 5.97 Å². The quantitative estimate of drug-likeness (QED) is 0.487. The molecule has 4 atom stereocenters. The molecular weight excluding hydrogens is 396 g/mol. The Balaban J connectivity index is 1.52. The second-order valence-electron chi connectivity index (χ2n) is 9.69. The highest BCUT2D eigenvalue weighted by atomic mass is 16.6. The Hall–Kier alpha value is -3.27. The molecule has 1 aliphatic carbocycles. The number of anilines is 2. The van der Waals surface area contributed by atoms with Crippen molar-refractivity contribution in [3.8, 4) is 0 Å². The van der Waals surface area contributed by atoms with Gasteiger partial charge in [-0.05, 0) is 48.9 Å². The first-order chi connectivity index (χ1) is 15.7. The third-order valence-electron chi connectivity index (χ3n) is 8.23. The normalized spacial score (nSPS) is 31.9. The third kappa shape index (κ3) is 2.20. The lowest BCUT2D eigenvalue weighted by atomic mass is 9.62. The van der Waals surface area contributed by atoms with Crippen LogP contribution in [0, 0.1) is 5.92 Å². The molecule has 3 aromatic carbocycles. The SMILES string of the molecule is O=C1O[C@]2(C[C@H](c3ccccc3)[C@H]3CCCC[C@]34Nc3ccccc3N42)c2ccccc21. The lowest BCUT2D eigenvalue weighted by Gasteiger charge is -2.61. The summed E-state index contributed by atoms with van der Waals surface area (Å²) in [6.07, 6.45) is 5.38. The fourth-order valence-electron chi connectivity index (χ4n) is 7.11. The van der Waals surface area contributed by atoms with Gasteiger partial charge in [0.1, 0.15) is 5.66 Å². The van der Waals surface area contributed by atoms with Crippen LogP contribution in [-0.4, -0.2) is 11.6 Å². The molecule has 0 radical (unpaired) electrons. The minimum absolute atomic E-state index is 0.207. The molecule has 160 valence electrons. The topological polar surface area (TPSA) is 41.6 Å². The zero-order valence-electron chi connectivity index (χ0n) is 18.0. The van der Waals surface area contributed by atoms with Crippen LogP contribution in [0.25, 0.3) is 0 Å². The Bertz CT molecular complexity index is 1220. The summed E-state index contributed by atoms with van der Waals surface area (Å²) in [5.74, 6) is 0.526. The van der Waals surface area contributed by atoms with Gasteiger partial charge in [0.2, 0.25) is 5.72 Å². The number of piperidine rings is 1. The first kappa shape index (κ1) is 18.3. The van der Waals surface area contributed by atoms with Crippen LogP contribution in [0.3, 0.4) is 0 Å². The zero-order valence-corrected chi connectivity index (χ0v) is 18.0. The maximum atomic E-state index is 13.2. The number of carbonyl (C=O) groups is 1. The van der Waals surface area contributed by atoms with Gasteiger partial charge in [-0.15, -0.1) is 0 Å². The van der Waals surface area contributed by atoms with Crippen LogP contribution in [-0.2, 0) is 10.5 Å². The molecular formula is C28H26N2O2. The second-order valence-corrected chi connectivity index (χ2v) is 9.69. The molecule has 4 aliphatic rings. The van der Waals surface area contributed by atoms with Gasteiger partial charge in [0.15, 0.2) is 0 Å². The number of hydrogen-bond donors (Lipinski definition) is 1. The Morgan fingerprint density at radius 2 is 1.69 bits per heavy atom. The maximum Gasteiger partial charge on any atom is 0.341 e. The minimum atomic E-state index is -0.804. The van der Waals surface area contributed by atoms with Gasteiger partial charge in [0.05, 0.1) is 16.9 Å². The third-order valence-corrected chi connectivity index (χ3v) is 8.23. The monoisotopic (exact) mass is 422 g/mol. The van der Waals surface area contributed by atoms with E-state index in [9.17, 15) is 4.79 Å². The van der Waals surface area contributed by atoms with E-state index in [2.05, 4.69) is 70.9 Å². The summed E-state index contributed by atoms with van der Waals surface area (Å²) < 4.78 is 6.47. The molecule has 1 N–H and O–H groups in total. The van der Waals surface area contributed by atoms with Gasteiger partial charge in [-0.2, -0.15) is 0 Å². The highest BCUT2D eigenvalue weighted by Crippen LogP contribution is 2.65. The molecule has 2 spiro atoms. The average Bonchev–Trinajstić information content (AvgIpc) is 3.32. The van der Waals surface area contributed by atoms with Crippen LogP contribution >= 0.6 is 0 Å². The van der Waals surface area contributed by atoms with Crippen molar-refractivity contribution in [2.24, 2.45) is 5.92 Å². The maximum absolute atomic E-state index is 13.2. The second kappa shape index (κ2) is 6.38. The highest BCUT2D eigenvalue weighted by molar-refractivity contribution is 5.96. The van der Waals surface area contributed by atoms with E-state index in [1.54, 1.807) is 0 Å². The summed E-state index contributed by atoms with van der Waals surface area (Å²) >= 11 is 0. The zero-order chi connectivity index (χ0) is 21.3. The molecule has 4 nitrogen and oxygen atoms in total. The van der Waals surface area contributed by atoms with Crippen LogP contribution in [0.4, 0.5) is 11.4 Å². The fraction of sp³-hybridized carbons (Fsp3) is 0.321. The number of nitrogens with zero attached hydrogens (tertiary/aromatic N) is 1. The van der Waals surface area contributed by atoms with Crippen molar-refractivity contribution in [3.63, 3.8) is 0 Å².